The summed E-state index contributed by atoms with van der Waals surface area (Å²) in [7, 11) is 0. The molecule has 3 aromatic rings. The number of hydrogen-bond donors (Lipinski definition) is 2. The smallest absolute Gasteiger partial charge is 0.198 e. The number of nitrogens with zero attached hydrogens (tertiary/aromatic N) is 2. The van der Waals surface area contributed by atoms with Crippen molar-refractivity contribution in [3.05, 3.63) is 53.6 Å². The SMILES string of the molecule is Oc1[nH]c2ccc(F)cc2c1C=Nc1ccc(N2CCC3CCCCC3C2)c(F)c1. The molecule has 2 unspecified atom stereocenters. The molecule has 4 nitrogen and oxygen atoms in total. The third kappa shape index (κ3) is 3.55. The van der Waals surface area contributed by atoms with Crippen LogP contribution >= 0.6 is 0 Å². The van der Waals surface area contributed by atoms with Crippen LogP contribution in [-0.2, 0) is 0 Å². The Bertz CT molecular complexity index is 1110. The molecular weight excluding hydrogens is 384 g/mol. The van der Waals surface area contributed by atoms with Crippen LogP contribution in [0.1, 0.15) is 37.7 Å². The van der Waals surface area contributed by atoms with Gasteiger partial charge in [-0.15, -0.1) is 0 Å². The normalized spacial score (nSPS) is 22.0. The second-order valence-electron chi connectivity index (χ2n) is 8.51. The Labute approximate surface area is 174 Å². The van der Waals surface area contributed by atoms with Gasteiger partial charge in [0, 0.05) is 36.3 Å². The minimum absolute atomic E-state index is 0.0909. The Hall–Kier alpha value is -2.89. The van der Waals surface area contributed by atoms with Gasteiger partial charge in [0.05, 0.1) is 16.9 Å². The topological polar surface area (TPSA) is 51.6 Å². The van der Waals surface area contributed by atoms with Crippen LogP contribution in [0, 0.1) is 23.5 Å². The maximum atomic E-state index is 14.9. The Morgan fingerprint density at radius 1 is 1.03 bits per heavy atom. The molecule has 2 aromatic carbocycles. The van der Waals surface area contributed by atoms with Crippen molar-refractivity contribution in [2.75, 3.05) is 18.0 Å². The number of nitrogens with one attached hydrogen (secondary N) is 1. The predicted octanol–water partition coefficient (Wildman–Crippen LogP) is 5.92. The summed E-state index contributed by atoms with van der Waals surface area (Å²) in [6.45, 7) is 1.83. The molecule has 1 saturated heterocycles. The fourth-order valence-corrected chi connectivity index (χ4v) is 5.09. The van der Waals surface area contributed by atoms with E-state index in [1.165, 1.54) is 50.1 Å². The van der Waals surface area contributed by atoms with Crippen LogP contribution < -0.4 is 4.90 Å². The Balaban J connectivity index is 1.36. The summed E-state index contributed by atoms with van der Waals surface area (Å²) in [5.41, 5.74) is 2.08. The van der Waals surface area contributed by atoms with Crippen LogP contribution in [0.4, 0.5) is 20.2 Å². The fraction of sp³-hybridized carbons (Fsp3) is 0.375. The first-order chi connectivity index (χ1) is 14.6. The average molecular weight is 409 g/mol. The number of aromatic amines is 1. The molecule has 1 saturated carbocycles. The third-order valence-electron chi connectivity index (χ3n) is 6.69. The lowest BCUT2D eigenvalue weighted by atomic mass is 9.75. The molecule has 5 rings (SSSR count). The van der Waals surface area contributed by atoms with Crippen molar-refractivity contribution in [2.24, 2.45) is 16.8 Å². The van der Waals surface area contributed by atoms with E-state index in [1.807, 2.05) is 0 Å². The predicted molar refractivity (Wildman–Crippen MR) is 116 cm³/mol. The van der Waals surface area contributed by atoms with Crippen LogP contribution in [0.3, 0.4) is 0 Å². The highest BCUT2D eigenvalue weighted by Crippen LogP contribution is 2.38. The molecular formula is C24H25F2N3O. The van der Waals surface area contributed by atoms with Crippen LogP contribution in [-0.4, -0.2) is 29.4 Å². The van der Waals surface area contributed by atoms with Crippen molar-refractivity contribution in [3.8, 4) is 5.88 Å². The molecule has 1 aliphatic heterocycles. The summed E-state index contributed by atoms with van der Waals surface area (Å²) < 4.78 is 28.5. The van der Waals surface area contributed by atoms with Crippen molar-refractivity contribution in [2.45, 2.75) is 32.1 Å². The fourth-order valence-electron chi connectivity index (χ4n) is 5.09. The minimum Gasteiger partial charge on any atom is -0.494 e. The van der Waals surface area contributed by atoms with E-state index in [2.05, 4.69) is 14.9 Å². The number of rotatable bonds is 3. The van der Waals surface area contributed by atoms with E-state index < -0.39 is 5.82 Å². The Morgan fingerprint density at radius 3 is 2.70 bits per heavy atom. The zero-order chi connectivity index (χ0) is 20.7. The molecule has 0 spiro atoms. The summed E-state index contributed by atoms with van der Waals surface area (Å²) in [6.07, 6.45) is 7.77. The zero-order valence-electron chi connectivity index (χ0n) is 16.7. The molecule has 2 aliphatic rings. The van der Waals surface area contributed by atoms with Crippen molar-refractivity contribution in [1.82, 2.24) is 4.98 Å². The highest BCUT2D eigenvalue weighted by molar-refractivity contribution is 6.02. The summed E-state index contributed by atoms with van der Waals surface area (Å²) in [4.78, 5) is 9.28. The van der Waals surface area contributed by atoms with Crippen LogP contribution in [0.2, 0.25) is 0 Å². The molecule has 1 aromatic heterocycles. The quantitative estimate of drug-likeness (QED) is 0.528. The van der Waals surface area contributed by atoms with E-state index in [1.54, 1.807) is 18.2 Å². The number of aromatic nitrogens is 1. The van der Waals surface area contributed by atoms with Crippen LogP contribution in [0.15, 0.2) is 41.4 Å². The van der Waals surface area contributed by atoms with Crippen LogP contribution in [0.5, 0.6) is 5.88 Å². The molecule has 0 radical (unpaired) electrons. The third-order valence-corrected chi connectivity index (χ3v) is 6.69. The van der Waals surface area contributed by atoms with Gasteiger partial charge >= 0.3 is 0 Å². The number of halogens is 2. The Kier molecular flexibility index (Phi) is 4.93. The lowest BCUT2D eigenvalue weighted by Gasteiger charge is -2.42. The highest BCUT2D eigenvalue weighted by Gasteiger charge is 2.31. The highest BCUT2D eigenvalue weighted by atomic mass is 19.1. The van der Waals surface area contributed by atoms with E-state index >= 15 is 0 Å². The number of hydrogen-bond acceptors (Lipinski definition) is 3. The number of fused-ring (bicyclic) bond motifs is 2. The maximum Gasteiger partial charge on any atom is 0.198 e. The lowest BCUT2D eigenvalue weighted by Crippen LogP contribution is -2.42. The van der Waals surface area contributed by atoms with Gasteiger partial charge in [-0.25, -0.2) is 8.78 Å². The molecule has 2 fully saturated rings. The molecule has 0 bridgehead atoms. The average Bonchev–Trinajstić information content (AvgIpc) is 3.06. The van der Waals surface area contributed by atoms with Gasteiger partial charge in [-0.3, -0.25) is 4.99 Å². The summed E-state index contributed by atoms with van der Waals surface area (Å²) in [6, 6.07) is 9.22. The molecule has 0 amide bonds. The zero-order valence-corrected chi connectivity index (χ0v) is 16.7. The molecule has 6 heteroatoms. The van der Waals surface area contributed by atoms with Crippen molar-refractivity contribution < 1.29 is 13.9 Å². The Morgan fingerprint density at radius 2 is 1.87 bits per heavy atom. The van der Waals surface area contributed by atoms with Gasteiger partial charge in [0.15, 0.2) is 5.88 Å². The van der Waals surface area contributed by atoms with E-state index in [4.69, 9.17) is 0 Å². The first-order valence-electron chi connectivity index (χ1n) is 10.7. The monoisotopic (exact) mass is 409 g/mol. The summed E-state index contributed by atoms with van der Waals surface area (Å²) >= 11 is 0. The first kappa shape index (κ1) is 19.1. The number of H-pyrrole nitrogens is 1. The van der Waals surface area contributed by atoms with Gasteiger partial charge in [0.1, 0.15) is 11.6 Å². The number of benzene rings is 2. The molecule has 156 valence electrons. The summed E-state index contributed by atoms with van der Waals surface area (Å²) in [5, 5.41) is 10.6. The molecule has 2 heterocycles. The standard InChI is InChI=1S/C24H25F2N3O/c25-17-5-7-22-19(11-17)20(24(30)28-22)13-27-18-6-8-23(21(26)12-18)29-10-9-15-3-1-2-4-16(15)14-29/h5-8,11-13,15-16,28,30H,1-4,9-10,14H2. The molecule has 2 N–H and O–H groups in total. The second-order valence-corrected chi connectivity index (χ2v) is 8.51. The van der Waals surface area contributed by atoms with Gasteiger partial charge < -0.3 is 15.0 Å². The number of aromatic hydroxyl groups is 1. The van der Waals surface area contributed by atoms with Gasteiger partial charge in [0.25, 0.3) is 0 Å². The van der Waals surface area contributed by atoms with Crippen LogP contribution in [0.25, 0.3) is 10.9 Å². The summed E-state index contributed by atoms with van der Waals surface area (Å²) in [5.74, 6) is 0.707. The molecule has 2 atom stereocenters. The number of anilines is 1. The molecule has 30 heavy (non-hydrogen) atoms. The van der Waals surface area contributed by atoms with Crippen molar-refractivity contribution >= 4 is 28.5 Å². The van der Waals surface area contributed by atoms with Gasteiger partial charge in [-0.2, -0.15) is 0 Å². The number of piperidine rings is 1. The first-order valence-corrected chi connectivity index (χ1v) is 10.7. The second kappa shape index (κ2) is 7.74. The lowest BCUT2D eigenvalue weighted by molar-refractivity contribution is 0.202. The minimum atomic E-state index is -0.395. The largest absolute Gasteiger partial charge is 0.494 e. The van der Waals surface area contributed by atoms with Gasteiger partial charge in [0.2, 0.25) is 0 Å². The van der Waals surface area contributed by atoms with Gasteiger partial charge in [-0.1, -0.05) is 19.3 Å². The van der Waals surface area contributed by atoms with E-state index in [0.717, 1.165) is 25.4 Å². The van der Waals surface area contributed by atoms with E-state index in [9.17, 15) is 13.9 Å². The van der Waals surface area contributed by atoms with Crippen molar-refractivity contribution in [3.63, 3.8) is 0 Å². The van der Waals surface area contributed by atoms with Gasteiger partial charge in [-0.05, 0) is 55.0 Å². The number of aliphatic imine (C=N–C) groups is 1. The van der Waals surface area contributed by atoms with E-state index in [-0.39, 0.29) is 11.7 Å². The van der Waals surface area contributed by atoms with Crippen molar-refractivity contribution in [1.29, 1.82) is 0 Å². The van der Waals surface area contributed by atoms with E-state index in [0.29, 0.717) is 33.8 Å². The maximum absolute atomic E-state index is 14.9. The molecule has 1 aliphatic carbocycles.